The summed E-state index contributed by atoms with van der Waals surface area (Å²) in [5.74, 6) is 0. The molecule has 0 aliphatic heterocycles. The maximum atomic E-state index is 12.5. The van der Waals surface area contributed by atoms with Crippen molar-refractivity contribution >= 4 is 10.1 Å². The Morgan fingerprint density at radius 1 is 0.952 bits per heavy atom. The molecule has 0 spiro atoms. The molecule has 2 aromatic rings. The Morgan fingerprint density at radius 3 is 2.00 bits per heavy atom. The van der Waals surface area contributed by atoms with Crippen LogP contribution in [0.3, 0.4) is 0 Å². The maximum Gasteiger partial charge on any atom is 0.523 e. The summed E-state index contributed by atoms with van der Waals surface area (Å²) in [4.78, 5) is 3.74. The Hall–Kier alpha value is -1.93. The largest absolute Gasteiger partial charge is 0.523 e. The van der Waals surface area contributed by atoms with Gasteiger partial charge in [0.1, 0.15) is 6.10 Å². The van der Waals surface area contributed by atoms with Crippen LogP contribution in [0.5, 0.6) is 0 Å². The zero-order valence-electron chi connectivity index (χ0n) is 10.5. The lowest BCUT2D eigenvalue weighted by molar-refractivity contribution is -0.0562. The number of hydrogen-bond donors (Lipinski definition) is 0. The van der Waals surface area contributed by atoms with E-state index in [1.165, 1.54) is 36.7 Å². The zero-order valence-corrected chi connectivity index (χ0v) is 11.3. The van der Waals surface area contributed by atoms with Gasteiger partial charge in [0.15, 0.2) is 0 Å². The second-order valence-corrected chi connectivity index (χ2v) is 5.63. The van der Waals surface area contributed by atoms with E-state index in [0.717, 1.165) is 0 Å². The molecule has 0 saturated carbocycles. The minimum atomic E-state index is -5.71. The maximum absolute atomic E-state index is 12.5. The first-order valence-corrected chi connectivity index (χ1v) is 7.16. The van der Waals surface area contributed by atoms with E-state index in [4.69, 9.17) is 0 Å². The molecule has 1 heterocycles. The molecule has 1 aromatic heterocycles. The molecule has 0 fully saturated rings. The Kier molecular flexibility index (Phi) is 4.29. The molecule has 0 aliphatic rings. The van der Waals surface area contributed by atoms with Crippen LogP contribution >= 0.6 is 0 Å². The van der Waals surface area contributed by atoms with Gasteiger partial charge < -0.3 is 0 Å². The van der Waals surface area contributed by atoms with E-state index in [1.54, 1.807) is 18.2 Å². The first-order chi connectivity index (χ1) is 9.81. The van der Waals surface area contributed by atoms with Crippen molar-refractivity contribution in [2.24, 2.45) is 0 Å². The topological polar surface area (TPSA) is 56.3 Å². The average molecular weight is 317 g/mol. The van der Waals surface area contributed by atoms with Crippen LogP contribution in [0.2, 0.25) is 0 Å². The van der Waals surface area contributed by atoms with Gasteiger partial charge in [0.25, 0.3) is 0 Å². The number of rotatable bonds is 4. The first-order valence-electron chi connectivity index (χ1n) is 5.76. The van der Waals surface area contributed by atoms with Crippen LogP contribution in [-0.2, 0) is 14.3 Å². The third kappa shape index (κ3) is 3.59. The van der Waals surface area contributed by atoms with Crippen molar-refractivity contribution in [1.82, 2.24) is 4.98 Å². The minimum Gasteiger partial charge on any atom is -0.265 e. The summed E-state index contributed by atoms with van der Waals surface area (Å²) in [7, 11) is -5.71. The highest BCUT2D eigenvalue weighted by Crippen LogP contribution is 2.33. The van der Waals surface area contributed by atoms with Crippen molar-refractivity contribution in [3.8, 4) is 0 Å². The molecule has 0 aliphatic carbocycles. The third-order valence-corrected chi connectivity index (χ3v) is 3.63. The van der Waals surface area contributed by atoms with Gasteiger partial charge in [-0.2, -0.15) is 21.6 Å². The summed E-state index contributed by atoms with van der Waals surface area (Å²) in [6.45, 7) is 0. The summed E-state index contributed by atoms with van der Waals surface area (Å²) in [5, 5.41) is 0. The van der Waals surface area contributed by atoms with Crippen molar-refractivity contribution < 1.29 is 25.8 Å². The number of nitrogens with zero attached hydrogens (tertiary/aromatic N) is 1. The molecular formula is C13H10F3NO3S. The van der Waals surface area contributed by atoms with E-state index >= 15 is 0 Å². The van der Waals surface area contributed by atoms with Gasteiger partial charge >= 0.3 is 15.6 Å². The van der Waals surface area contributed by atoms with E-state index < -0.39 is 21.7 Å². The molecule has 112 valence electrons. The molecular weight excluding hydrogens is 307 g/mol. The second-order valence-electron chi connectivity index (χ2n) is 4.07. The molecule has 4 nitrogen and oxygen atoms in total. The van der Waals surface area contributed by atoms with Crippen LogP contribution in [0, 0.1) is 0 Å². The quantitative estimate of drug-likeness (QED) is 0.642. The lowest BCUT2D eigenvalue weighted by atomic mass is 10.0. The van der Waals surface area contributed by atoms with Gasteiger partial charge in [0.2, 0.25) is 0 Å². The lowest BCUT2D eigenvalue weighted by Crippen LogP contribution is -2.27. The standard InChI is InChI=1S/C13H10F3NO3S/c14-13(15,16)21(18,19)20-12(10-4-2-1-3-5-10)11-6-8-17-9-7-11/h1-9,12H. The molecule has 1 aromatic carbocycles. The van der Waals surface area contributed by atoms with Gasteiger partial charge in [-0.15, -0.1) is 0 Å². The van der Waals surface area contributed by atoms with Crippen molar-refractivity contribution in [3.63, 3.8) is 0 Å². The summed E-state index contributed by atoms with van der Waals surface area (Å²) < 4.78 is 64.4. The fourth-order valence-corrected chi connectivity index (χ4v) is 2.24. The van der Waals surface area contributed by atoms with Gasteiger partial charge in [-0.05, 0) is 23.3 Å². The molecule has 0 bridgehead atoms. The fraction of sp³-hybridized carbons (Fsp3) is 0.154. The smallest absolute Gasteiger partial charge is 0.265 e. The van der Waals surface area contributed by atoms with Gasteiger partial charge in [0, 0.05) is 12.4 Å². The van der Waals surface area contributed by atoms with Crippen molar-refractivity contribution in [3.05, 3.63) is 66.0 Å². The normalized spacial score (nSPS) is 13.9. The highest BCUT2D eigenvalue weighted by Gasteiger charge is 2.49. The fourth-order valence-electron chi connectivity index (χ4n) is 1.65. The first kappa shape index (κ1) is 15.5. The molecule has 0 amide bonds. The number of alkyl halides is 3. The number of pyridine rings is 1. The van der Waals surface area contributed by atoms with Gasteiger partial charge in [0.05, 0.1) is 0 Å². The predicted molar refractivity (Wildman–Crippen MR) is 68.6 cm³/mol. The van der Waals surface area contributed by atoms with Crippen LogP contribution in [0.1, 0.15) is 17.2 Å². The number of aromatic nitrogens is 1. The van der Waals surface area contributed by atoms with Crippen LogP contribution < -0.4 is 0 Å². The molecule has 1 atom stereocenters. The molecule has 0 saturated heterocycles. The van der Waals surface area contributed by atoms with Crippen molar-refractivity contribution in [2.75, 3.05) is 0 Å². The van der Waals surface area contributed by atoms with Crippen LogP contribution in [-0.4, -0.2) is 18.9 Å². The second kappa shape index (κ2) is 5.82. The highest BCUT2D eigenvalue weighted by atomic mass is 32.2. The summed E-state index contributed by atoms with van der Waals surface area (Å²) >= 11 is 0. The van der Waals surface area contributed by atoms with Crippen LogP contribution in [0.4, 0.5) is 13.2 Å². The van der Waals surface area contributed by atoms with E-state index in [0.29, 0.717) is 0 Å². The van der Waals surface area contributed by atoms with Crippen molar-refractivity contribution in [1.29, 1.82) is 0 Å². The van der Waals surface area contributed by atoms with Gasteiger partial charge in [-0.3, -0.25) is 9.17 Å². The molecule has 2 rings (SSSR count). The summed E-state index contributed by atoms with van der Waals surface area (Å²) in [5.41, 5.74) is -4.94. The predicted octanol–water partition coefficient (Wildman–Crippen LogP) is 3.04. The molecule has 21 heavy (non-hydrogen) atoms. The minimum absolute atomic E-state index is 0.254. The monoisotopic (exact) mass is 317 g/mol. The Balaban J connectivity index is 2.44. The molecule has 0 N–H and O–H groups in total. The molecule has 1 unspecified atom stereocenters. The SMILES string of the molecule is O=S(=O)(OC(c1ccccc1)c1ccncc1)C(F)(F)F. The summed E-state index contributed by atoms with van der Waals surface area (Å²) in [6.07, 6.45) is 1.30. The van der Waals surface area contributed by atoms with Crippen molar-refractivity contribution in [2.45, 2.75) is 11.6 Å². The van der Waals surface area contributed by atoms with Crippen LogP contribution in [0.25, 0.3) is 0 Å². The van der Waals surface area contributed by atoms with E-state index in [-0.39, 0.29) is 11.1 Å². The Morgan fingerprint density at radius 2 is 1.48 bits per heavy atom. The Labute approximate surface area is 119 Å². The van der Waals surface area contributed by atoms with E-state index in [2.05, 4.69) is 9.17 Å². The summed E-state index contributed by atoms with van der Waals surface area (Å²) in [6, 6.07) is 10.6. The van der Waals surface area contributed by atoms with E-state index in [1.807, 2.05) is 0 Å². The van der Waals surface area contributed by atoms with Gasteiger partial charge in [-0.25, -0.2) is 0 Å². The highest BCUT2D eigenvalue weighted by molar-refractivity contribution is 7.87. The number of halogens is 3. The average Bonchev–Trinajstić information content (AvgIpc) is 2.45. The molecule has 8 heteroatoms. The molecule has 0 radical (unpaired) electrons. The van der Waals surface area contributed by atoms with Gasteiger partial charge in [-0.1, -0.05) is 30.3 Å². The zero-order chi connectivity index (χ0) is 15.5. The number of hydrogen-bond acceptors (Lipinski definition) is 4. The third-order valence-electron chi connectivity index (χ3n) is 2.62. The van der Waals surface area contributed by atoms with E-state index in [9.17, 15) is 21.6 Å². The van der Waals surface area contributed by atoms with Crippen LogP contribution in [0.15, 0.2) is 54.9 Å². The lowest BCUT2D eigenvalue weighted by Gasteiger charge is -2.19. The number of benzene rings is 1. The Bertz CT molecular complexity index is 648.